The fourth-order valence-electron chi connectivity index (χ4n) is 0.193. The highest BCUT2D eigenvalue weighted by Crippen LogP contribution is 1.96. The van der Waals surface area contributed by atoms with Gasteiger partial charge in [0.15, 0.2) is 0 Å². The highest BCUT2D eigenvalue weighted by atomic mass is 14.9. The molecule has 0 bridgehead atoms. The molecule has 0 aliphatic carbocycles. The summed E-state index contributed by atoms with van der Waals surface area (Å²) in [7, 11) is 0. The lowest BCUT2D eigenvalue weighted by Crippen LogP contribution is -2.21. The van der Waals surface area contributed by atoms with Crippen molar-refractivity contribution in [3.63, 3.8) is 0 Å². The molecule has 0 aromatic carbocycles. The van der Waals surface area contributed by atoms with E-state index in [2.05, 4.69) is 0 Å². The summed E-state index contributed by atoms with van der Waals surface area (Å²) in [6.45, 7) is -5.21. The summed E-state index contributed by atoms with van der Waals surface area (Å²) in [5.74, 6) is 0. The normalized spacial score (nSPS) is 97.7. The molecule has 1 rings (SSSR count). The van der Waals surface area contributed by atoms with Crippen molar-refractivity contribution in [2.75, 3.05) is 13.0 Å². The van der Waals surface area contributed by atoms with Crippen molar-refractivity contribution < 1.29 is 13.7 Å². The number of piperidine rings is 1. The average molecular weight is 95.2 g/mol. The van der Waals surface area contributed by atoms with E-state index in [-0.39, 0.29) is 5.31 Å². The molecule has 1 saturated heterocycles. The van der Waals surface area contributed by atoms with Gasteiger partial charge in [0.1, 0.15) is 1.41 Å². The van der Waals surface area contributed by atoms with Gasteiger partial charge in [-0.25, -0.2) is 0 Å². The standard InChI is InChI=1S/C5H11N/c1-2-4-6-5-3-1/h6H,1-5H2/i1D2,2D2,3D2,4D,5D2/hD. The van der Waals surface area contributed by atoms with Gasteiger partial charge in [-0.2, -0.15) is 0 Å². The minimum atomic E-state index is -3.23. The second-order valence-corrected chi connectivity index (χ2v) is 0.764. The third-order valence-electron chi connectivity index (χ3n) is 0.384. The Balaban J connectivity index is 3.42. The van der Waals surface area contributed by atoms with Gasteiger partial charge in [-0.1, -0.05) is 6.37 Å². The molecule has 6 heavy (non-hydrogen) atoms. The summed E-state index contributed by atoms with van der Waals surface area (Å²) in [5, 5.41) is -0.172. The van der Waals surface area contributed by atoms with Crippen LogP contribution in [0.1, 0.15) is 31.5 Å². The van der Waals surface area contributed by atoms with E-state index in [1.807, 2.05) is 0 Å². The summed E-state index contributed by atoms with van der Waals surface area (Å²) in [6.07, 6.45) is -9.42. The predicted octanol–water partition coefficient (Wildman–Crippen LogP) is 0.760. The predicted molar refractivity (Wildman–Crippen MR) is 26.7 cm³/mol. The van der Waals surface area contributed by atoms with Crippen molar-refractivity contribution in [2.45, 2.75) is 19.1 Å². The average Bonchev–Trinajstić information content (AvgIpc) is 2.12. The maximum atomic E-state index is 7.35. The van der Waals surface area contributed by atoms with Crippen LogP contribution in [0.2, 0.25) is 1.41 Å². The Labute approximate surface area is 52.9 Å². The second-order valence-electron chi connectivity index (χ2n) is 0.764. The molecule has 0 spiro atoms. The molecule has 1 heterocycles. The van der Waals surface area contributed by atoms with Gasteiger partial charge in [0, 0.05) is 12.3 Å². The van der Waals surface area contributed by atoms with E-state index in [4.69, 9.17) is 13.7 Å². The second kappa shape index (κ2) is 2.19. The number of rotatable bonds is 0. The van der Waals surface area contributed by atoms with Crippen LogP contribution >= 0.6 is 0 Å². The third-order valence-corrected chi connectivity index (χ3v) is 0.384. The highest BCUT2D eigenvalue weighted by Gasteiger charge is 1.93. The smallest absolute Gasteiger partial charge is 0.122 e. The van der Waals surface area contributed by atoms with E-state index in [0.29, 0.717) is 0 Å². The molecule has 1 nitrogen and oxygen atoms in total. The van der Waals surface area contributed by atoms with Gasteiger partial charge in [0.2, 0.25) is 0 Å². The first kappa shape index (κ1) is 0.576. The van der Waals surface area contributed by atoms with Crippen LogP contribution in [0.5, 0.6) is 0 Å². The quantitative estimate of drug-likeness (QED) is 0.468. The van der Waals surface area contributed by atoms with Crippen molar-refractivity contribution in [3.8, 4) is 0 Å². The maximum absolute atomic E-state index is 7.35. The lowest BCUT2D eigenvalue weighted by molar-refractivity contribution is 0.520. The summed E-state index contributed by atoms with van der Waals surface area (Å²) < 4.78 is 73.1. The lowest BCUT2D eigenvalue weighted by atomic mass is 10.2. The third kappa shape index (κ3) is 0.977. The van der Waals surface area contributed by atoms with Crippen LogP contribution in [0.3, 0.4) is 0 Å². The van der Waals surface area contributed by atoms with E-state index < -0.39 is 32.1 Å². The molecule has 36 valence electrons. The first-order chi connectivity index (χ1) is 6.82. The van der Waals surface area contributed by atoms with E-state index in [9.17, 15) is 0 Å². The maximum Gasteiger partial charge on any atom is 0.122 e. The monoisotopic (exact) mass is 95.2 g/mol. The van der Waals surface area contributed by atoms with Crippen molar-refractivity contribution >= 4 is 0 Å². The van der Waals surface area contributed by atoms with Crippen LogP contribution in [-0.2, 0) is 0 Å². The Morgan fingerprint density at radius 3 is 3.50 bits per heavy atom. The van der Waals surface area contributed by atoms with E-state index in [0.717, 1.165) is 0 Å². The number of hydrogen-bond donors (Lipinski definition) is 1. The number of nitrogens with one attached hydrogen (secondary N) is 1. The van der Waals surface area contributed by atoms with Crippen LogP contribution in [0.4, 0.5) is 0 Å². The molecule has 0 aromatic rings. The summed E-state index contributed by atoms with van der Waals surface area (Å²) in [6, 6.07) is 0. The van der Waals surface area contributed by atoms with Crippen molar-refractivity contribution in [3.05, 3.63) is 0 Å². The van der Waals surface area contributed by atoms with Crippen LogP contribution < -0.4 is 5.31 Å². The molecule has 1 N–H and O–H groups in total. The molecule has 1 atom stereocenters. The van der Waals surface area contributed by atoms with E-state index in [1.165, 1.54) is 0 Å². The molecule has 0 radical (unpaired) electrons. The summed E-state index contributed by atoms with van der Waals surface area (Å²) in [5.41, 5.74) is 0. The molecule has 1 unspecified atom stereocenters. The van der Waals surface area contributed by atoms with E-state index >= 15 is 0 Å². The molecular weight excluding hydrogens is 74.1 g/mol. The zero-order valence-corrected chi connectivity index (χ0v) is 3.02. The van der Waals surface area contributed by atoms with Gasteiger partial charge < -0.3 is 5.31 Å². The van der Waals surface area contributed by atoms with Crippen molar-refractivity contribution in [1.82, 2.24) is 5.31 Å². The van der Waals surface area contributed by atoms with Gasteiger partial charge >= 0.3 is 0 Å². The topological polar surface area (TPSA) is 12.0 Å². The fraction of sp³-hybridized carbons (Fsp3) is 1.00. The zero-order chi connectivity index (χ0) is 13.2. The SMILES string of the molecule is [2H]C1N([2H])C([2H])([2H])C([2H])([2H])C([2H])([2H])C1([2H])[2H]. The molecule has 0 amide bonds. The Hall–Kier alpha value is -0.0400. The van der Waals surface area contributed by atoms with Crippen molar-refractivity contribution in [2.24, 2.45) is 0 Å². The molecular formula is C5H11N. The van der Waals surface area contributed by atoms with Gasteiger partial charge in [0.05, 0.1) is 0 Å². The molecule has 1 aliphatic heterocycles. The molecule has 0 aromatic heterocycles. The molecule has 1 heteroatoms. The highest BCUT2D eigenvalue weighted by molar-refractivity contribution is 4.55. The Morgan fingerprint density at radius 2 is 2.50 bits per heavy atom. The largest absolute Gasteiger partial charge is 0.317 e. The van der Waals surface area contributed by atoms with Crippen LogP contribution in [0.15, 0.2) is 0 Å². The van der Waals surface area contributed by atoms with Crippen molar-refractivity contribution in [1.29, 1.82) is 0 Å². The zero-order valence-electron chi connectivity index (χ0n) is 13.0. The Morgan fingerprint density at radius 1 is 1.50 bits per heavy atom. The van der Waals surface area contributed by atoms with Gasteiger partial charge in [-0.15, -0.1) is 0 Å². The first-order valence-corrected chi connectivity index (χ1v) is 1.52. The summed E-state index contributed by atoms with van der Waals surface area (Å²) in [4.78, 5) is 0. The van der Waals surface area contributed by atoms with Crippen LogP contribution in [-0.4, -0.2) is 13.0 Å². The van der Waals surface area contributed by atoms with E-state index in [1.54, 1.807) is 0 Å². The lowest BCUT2D eigenvalue weighted by Gasteiger charge is -2.08. The van der Waals surface area contributed by atoms with Crippen LogP contribution in [0, 0.1) is 0 Å². The van der Waals surface area contributed by atoms with Gasteiger partial charge in [-0.05, 0) is 25.8 Å². The van der Waals surface area contributed by atoms with Gasteiger partial charge in [-0.3, -0.25) is 0 Å². The molecule has 0 saturated carbocycles. The molecule has 1 aliphatic rings. The van der Waals surface area contributed by atoms with Crippen LogP contribution in [0.25, 0.3) is 0 Å². The summed E-state index contributed by atoms with van der Waals surface area (Å²) >= 11 is 0. The molecule has 1 fully saturated rings. The minimum absolute atomic E-state index is 0.172. The van der Waals surface area contributed by atoms with Gasteiger partial charge in [0.25, 0.3) is 0 Å². The first-order valence-electron chi connectivity index (χ1n) is 6.55. The number of hydrogen-bond acceptors (Lipinski definition) is 1. The minimum Gasteiger partial charge on any atom is -0.317 e. The Bertz CT molecular complexity index is 268. The Kier molecular flexibility index (Phi) is 0.210. The fourth-order valence-corrected chi connectivity index (χ4v) is 0.193.